The molecular weight excluding hydrogens is 620 g/mol. The lowest BCUT2D eigenvalue weighted by atomic mass is 10.1. The molecular formula is C30H32Cl2FN3O6S. The Balaban J connectivity index is 1.74. The van der Waals surface area contributed by atoms with E-state index in [-0.39, 0.29) is 45.6 Å². The third-order valence-corrected chi connectivity index (χ3v) is 9.53. The molecule has 13 heteroatoms. The van der Waals surface area contributed by atoms with Crippen LogP contribution in [0.4, 0.5) is 10.1 Å². The second-order valence-corrected chi connectivity index (χ2v) is 12.7. The van der Waals surface area contributed by atoms with E-state index in [0.29, 0.717) is 24.3 Å². The number of carbonyl (C=O) groups is 2. The Morgan fingerprint density at radius 2 is 1.60 bits per heavy atom. The van der Waals surface area contributed by atoms with Gasteiger partial charge in [0.15, 0.2) is 11.5 Å². The number of nitrogens with one attached hydrogen (secondary N) is 1. The number of amides is 2. The lowest BCUT2D eigenvalue weighted by Gasteiger charge is -2.33. The fourth-order valence-electron chi connectivity index (χ4n) is 4.35. The number of benzene rings is 3. The van der Waals surface area contributed by atoms with Crippen LogP contribution < -0.4 is 19.1 Å². The normalized spacial score (nSPS) is 14.0. The van der Waals surface area contributed by atoms with E-state index in [4.69, 9.17) is 32.7 Å². The number of fused-ring (bicyclic) bond motifs is 1. The lowest BCUT2D eigenvalue weighted by Crippen LogP contribution is -2.52. The van der Waals surface area contributed by atoms with Gasteiger partial charge < -0.3 is 19.7 Å². The number of halogens is 3. The topological polar surface area (TPSA) is 105 Å². The SMILES string of the molecule is CC[C@@H](C)NC(=O)[C@@H](C)N(Cc1c(Cl)cccc1Cl)C(=O)CN(c1ccc(F)cc1)S(=O)(=O)c1ccc2c(c1)OCCO2. The largest absolute Gasteiger partial charge is 0.486 e. The first-order valence-electron chi connectivity index (χ1n) is 13.6. The van der Waals surface area contributed by atoms with Crippen LogP contribution in [0, 0.1) is 5.82 Å². The van der Waals surface area contributed by atoms with Crippen LogP contribution in [0.25, 0.3) is 0 Å². The Labute approximate surface area is 260 Å². The summed E-state index contributed by atoms with van der Waals surface area (Å²) in [6, 6.07) is 12.5. The summed E-state index contributed by atoms with van der Waals surface area (Å²) in [5, 5.41) is 3.41. The zero-order valence-corrected chi connectivity index (χ0v) is 26.2. The minimum atomic E-state index is -4.41. The van der Waals surface area contributed by atoms with Crippen LogP contribution in [-0.2, 0) is 26.2 Å². The average Bonchev–Trinajstić information content (AvgIpc) is 2.99. The number of anilines is 1. The smallest absolute Gasteiger partial charge is 0.264 e. The molecule has 0 spiro atoms. The first-order valence-corrected chi connectivity index (χ1v) is 15.8. The van der Waals surface area contributed by atoms with Crippen molar-refractivity contribution in [1.29, 1.82) is 0 Å². The number of ether oxygens (including phenoxy) is 2. The molecule has 9 nitrogen and oxygen atoms in total. The molecule has 0 aromatic heterocycles. The summed E-state index contributed by atoms with van der Waals surface area (Å²) in [6.45, 7) is 4.95. The second-order valence-electron chi connectivity index (χ2n) is 10.0. The van der Waals surface area contributed by atoms with Crippen LogP contribution >= 0.6 is 23.2 Å². The van der Waals surface area contributed by atoms with Crippen molar-refractivity contribution in [2.45, 2.75) is 50.7 Å². The van der Waals surface area contributed by atoms with Crippen LogP contribution in [0.15, 0.2) is 65.6 Å². The summed E-state index contributed by atoms with van der Waals surface area (Å²) in [5.74, 6) is -1.11. The Morgan fingerprint density at radius 1 is 0.977 bits per heavy atom. The molecule has 0 fully saturated rings. The molecule has 2 atom stereocenters. The van der Waals surface area contributed by atoms with Gasteiger partial charge in [-0.3, -0.25) is 13.9 Å². The molecule has 3 aromatic rings. The van der Waals surface area contributed by atoms with Gasteiger partial charge in [-0.25, -0.2) is 12.8 Å². The van der Waals surface area contributed by atoms with Crippen molar-refractivity contribution in [2.24, 2.45) is 0 Å². The quantitative estimate of drug-likeness (QED) is 0.296. The van der Waals surface area contributed by atoms with Gasteiger partial charge in [-0.1, -0.05) is 36.2 Å². The van der Waals surface area contributed by atoms with E-state index in [0.717, 1.165) is 16.4 Å². The van der Waals surface area contributed by atoms with Gasteiger partial charge in [0.1, 0.15) is 31.6 Å². The molecule has 1 heterocycles. The predicted octanol–water partition coefficient (Wildman–Crippen LogP) is 5.43. The summed E-state index contributed by atoms with van der Waals surface area (Å²) in [7, 11) is -4.41. The molecule has 4 rings (SSSR count). The van der Waals surface area contributed by atoms with Crippen molar-refractivity contribution in [2.75, 3.05) is 24.1 Å². The summed E-state index contributed by atoms with van der Waals surface area (Å²) in [6.07, 6.45) is 0.662. The van der Waals surface area contributed by atoms with Crippen molar-refractivity contribution in [1.82, 2.24) is 10.2 Å². The first kappa shape index (κ1) is 32.4. The zero-order valence-electron chi connectivity index (χ0n) is 23.8. The Kier molecular flexibility index (Phi) is 10.4. The van der Waals surface area contributed by atoms with E-state index < -0.39 is 40.2 Å². The van der Waals surface area contributed by atoms with Gasteiger partial charge in [-0.15, -0.1) is 0 Å². The molecule has 1 aliphatic heterocycles. The van der Waals surface area contributed by atoms with Crippen molar-refractivity contribution in [3.63, 3.8) is 0 Å². The molecule has 230 valence electrons. The fourth-order valence-corrected chi connectivity index (χ4v) is 6.30. The van der Waals surface area contributed by atoms with Crippen molar-refractivity contribution in [3.05, 3.63) is 82.1 Å². The standard InChI is InChI=1S/C30H32Cl2FN3O6S/c1-4-19(2)34-30(38)20(3)35(17-24-25(31)6-5-7-26(24)32)29(37)18-36(22-10-8-21(33)9-11-22)43(39,40)23-12-13-27-28(16-23)42-15-14-41-27/h5-13,16,19-20H,4,14-15,17-18H2,1-3H3,(H,34,38)/t19-,20-/m1/s1. The molecule has 0 saturated heterocycles. The highest BCUT2D eigenvalue weighted by Gasteiger charge is 2.34. The van der Waals surface area contributed by atoms with Gasteiger partial charge in [-0.05, 0) is 68.8 Å². The summed E-state index contributed by atoms with van der Waals surface area (Å²) in [4.78, 5) is 28.3. The maximum atomic E-state index is 14.1. The summed E-state index contributed by atoms with van der Waals surface area (Å²) < 4.78 is 53.9. The summed E-state index contributed by atoms with van der Waals surface area (Å²) >= 11 is 12.8. The van der Waals surface area contributed by atoms with Crippen LogP contribution in [0.5, 0.6) is 11.5 Å². The van der Waals surface area contributed by atoms with Crippen LogP contribution in [0.1, 0.15) is 32.8 Å². The molecule has 0 unspecified atom stereocenters. The van der Waals surface area contributed by atoms with Gasteiger partial charge in [0.05, 0.1) is 10.6 Å². The number of rotatable bonds is 11. The van der Waals surface area contributed by atoms with E-state index in [2.05, 4.69) is 5.32 Å². The highest BCUT2D eigenvalue weighted by atomic mass is 35.5. The van der Waals surface area contributed by atoms with E-state index in [1.807, 2.05) is 13.8 Å². The van der Waals surface area contributed by atoms with Gasteiger partial charge in [0.25, 0.3) is 10.0 Å². The van der Waals surface area contributed by atoms with Crippen LogP contribution in [0.3, 0.4) is 0 Å². The minimum Gasteiger partial charge on any atom is -0.486 e. The van der Waals surface area contributed by atoms with Gasteiger partial charge in [0, 0.05) is 34.3 Å². The zero-order chi connectivity index (χ0) is 31.3. The molecule has 0 saturated carbocycles. The highest BCUT2D eigenvalue weighted by Crippen LogP contribution is 2.34. The van der Waals surface area contributed by atoms with E-state index >= 15 is 0 Å². The minimum absolute atomic E-state index is 0.0390. The van der Waals surface area contributed by atoms with Crippen LogP contribution in [0.2, 0.25) is 10.0 Å². The Hall–Kier alpha value is -3.54. The van der Waals surface area contributed by atoms with E-state index in [1.165, 1.54) is 42.2 Å². The molecule has 43 heavy (non-hydrogen) atoms. The van der Waals surface area contributed by atoms with Crippen molar-refractivity contribution < 1.29 is 31.9 Å². The third kappa shape index (κ3) is 7.52. The maximum absolute atomic E-state index is 14.1. The predicted molar refractivity (Wildman–Crippen MR) is 163 cm³/mol. The molecule has 0 radical (unpaired) electrons. The number of nitrogens with zero attached hydrogens (tertiary/aromatic N) is 2. The molecule has 1 N–H and O–H groups in total. The van der Waals surface area contributed by atoms with Gasteiger partial charge in [0.2, 0.25) is 11.8 Å². The third-order valence-electron chi connectivity index (χ3n) is 7.05. The lowest BCUT2D eigenvalue weighted by molar-refractivity contribution is -0.139. The van der Waals surface area contributed by atoms with Gasteiger partial charge in [-0.2, -0.15) is 0 Å². The van der Waals surface area contributed by atoms with Crippen molar-refractivity contribution >= 4 is 50.7 Å². The molecule has 0 bridgehead atoms. The van der Waals surface area contributed by atoms with Crippen molar-refractivity contribution in [3.8, 4) is 11.5 Å². The fraction of sp³-hybridized carbons (Fsp3) is 0.333. The molecule has 3 aromatic carbocycles. The number of hydrogen-bond acceptors (Lipinski definition) is 6. The number of hydrogen-bond donors (Lipinski definition) is 1. The number of sulfonamides is 1. The monoisotopic (exact) mass is 651 g/mol. The first-order chi connectivity index (χ1) is 20.4. The van der Waals surface area contributed by atoms with E-state index in [1.54, 1.807) is 18.2 Å². The molecule has 2 amide bonds. The van der Waals surface area contributed by atoms with Gasteiger partial charge >= 0.3 is 0 Å². The second kappa shape index (κ2) is 13.8. The molecule has 1 aliphatic rings. The average molecular weight is 653 g/mol. The Morgan fingerprint density at radius 3 is 2.23 bits per heavy atom. The van der Waals surface area contributed by atoms with E-state index in [9.17, 15) is 22.4 Å². The summed E-state index contributed by atoms with van der Waals surface area (Å²) in [5.41, 5.74) is 0.433. The number of carbonyl (C=O) groups excluding carboxylic acids is 2. The maximum Gasteiger partial charge on any atom is 0.264 e. The van der Waals surface area contributed by atoms with Crippen LogP contribution in [-0.4, -0.2) is 57.0 Å². The Bertz CT molecular complexity index is 1570. The molecule has 0 aliphatic carbocycles. The highest BCUT2D eigenvalue weighted by molar-refractivity contribution is 7.92.